The molecule has 2 N–H and O–H groups in total. The maximum atomic E-state index is 12.1. The van der Waals surface area contributed by atoms with Crippen LogP contribution in [-0.2, 0) is 4.74 Å². The van der Waals surface area contributed by atoms with Crippen molar-refractivity contribution in [2.24, 2.45) is 0 Å². The third-order valence-corrected chi connectivity index (χ3v) is 3.18. The van der Waals surface area contributed by atoms with Gasteiger partial charge in [-0.1, -0.05) is 6.07 Å². The normalized spacial score (nSPS) is 23.6. The van der Waals surface area contributed by atoms with Gasteiger partial charge in [0, 0.05) is 17.7 Å². The summed E-state index contributed by atoms with van der Waals surface area (Å²) in [5.41, 5.74) is 0.820. The summed E-state index contributed by atoms with van der Waals surface area (Å²) >= 11 is 0. The Morgan fingerprint density at radius 3 is 2.94 bits per heavy atom. The van der Waals surface area contributed by atoms with E-state index in [-0.39, 0.29) is 17.2 Å². The number of benzene rings is 1. The zero-order valence-electron chi connectivity index (χ0n) is 10.1. The molecular formula is C13H17NO3. The second-order valence-electron chi connectivity index (χ2n) is 4.77. The summed E-state index contributed by atoms with van der Waals surface area (Å²) in [7, 11) is 0. The molecule has 1 saturated heterocycles. The van der Waals surface area contributed by atoms with Crippen molar-refractivity contribution in [3.8, 4) is 5.75 Å². The van der Waals surface area contributed by atoms with Crippen LogP contribution in [0.25, 0.3) is 0 Å². The fraction of sp³-hybridized carbons (Fsp3) is 0.462. The van der Waals surface area contributed by atoms with E-state index in [0.717, 1.165) is 6.42 Å². The van der Waals surface area contributed by atoms with Crippen LogP contribution in [-0.4, -0.2) is 29.8 Å². The van der Waals surface area contributed by atoms with Gasteiger partial charge in [0.15, 0.2) is 0 Å². The Balaban J connectivity index is 2.17. The Bertz CT molecular complexity index is 436. The maximum absolute atomic E-state index is 12.1. The first-order valence-electron chi connectivity index (χ1n) is 5.71. The molecule has 0 bridgehead atoms. The van der Waals surface area contributed by atoms with E-state index < -0.39 is 0 Å². The van der Waals surface area contributed by atoms with Crippen molar-refractivity contribution in [2.45, 2.75) is 25.8 Å². The molecule has 1 unspecified atom stereocenters. The Hall–Kier alpha value is -1.55. The van der Waals surface area contributed by atoms with Crippen LogP contribution < -0.4 is 5.32 Å². The van der Waals surface area contributed by atoms with Gasteiger partial charge in [-0.25, -0.2) is 0 Å². The molecule has 2 rings (SSSR count). The van der Waals surface area contributed by atoms with Gasteiger partial charge in [0.1, 0.15) is 5.75 Å². The molecule has 1 amide bonds. The number of nitrogens with one attached hydrogen (secondary N) is 1. The van der Waals surface area contributed by atoms with E-state index >= 15 is 0 Å². The van der Waals surface area contributed by atoms with Gasteiger partial charge >= 0.3 is 0 Å². The van der Waals surface area contributed by atoms with Gasteiger partial charge in [-0.05, 0) is 32.4 Å². The summed E-state index contributed by atoms with van der Waals surface area (Å²) in [6.45, 7) is 4.92. The van der Waals surface area contributed by atoms with Gasteiger partial charge < -0.3 is 15.2 Å². The molecule has 1 aromatic carbocycles. The van der Waals surface area contributed by atoms with Crippen LogP contribution in [0, 0.1) is 6.92 Å². The Morgan fingerprint density at radius 1 is 1.53 bits per heavy atom. The highest BCUT2D eigenvalue weighted by Gasteiger charge is 2.31. The molecule has 4 heteroatoms. The number of hydrogen-bond donors (Lipinski definition) is 2. The standard InChI is InChI=1S/C13H17NO3/c1-9-10(4-3-5-11(9)15)12(16)14-13(2)6-7-17-8-13/h3-5,15H,6-8H2,1-2H3,(H,14,16). The molecule has 92 valence electrons. The first kappa shape index (κ1) is 11.9. The number of amides is 1. The van der Waals surface area contributed by atoms with Crippen LogP contribution >= 0.6 is 0 Å². The van der Waals surface area contributed by atoms with Gasteiger partial charge in [0.05, 0.1) is 12.1 Å². The lowest BCUT2D eigenvalue weighted by atomic mass is 10.00. The summed E-state index contributed by atoms with van der Waals surface area (Å²) in [6, 6.07) is 4.96. The average molecular weight is 235 g/mol. The molecular weight excluding hydrogens is 218 g/mol. The van der Waals surface area contributed by atoms with Gasteiger partial charge in [-0.3, -0.25) is 4.79 Å². The van der Waals surface area contributed by atoms with Crippen molar-refractivity contribution in [3.63, 3.8) is 0 Å². The number of carbonyl (C=O) groups is 1. The molecule has 1 atom stereocenters. The smallest absolute Gasteiger partial charge is 0.252 e. The molecule has 1 heterocycles. The minimum absolute atomic E-state index is 0.144. The SMILES string of the molecule is Cc1c(O)cccc1C(=O)NC1(C)CCOC1. The largest absolute Gasteiger partial charge is 0.508 e. The van der Waals surface area contributed by atoms with Crippen LogP contribution in [0.15, 0.2) is 18.2 Å². The van der Waals surface area contributed by atoms with Crippen molar-refractivity contribution in [3.05, 3.63) is 29.3 Å². The summed E-state index contributed by atoms with van der Waals surface area (Å²) in [5, 5.41) is 12.5. The molecule has 4 nitrogen and oxygen atoms in total. The molecule has 0 spiro atoms. The molecule has 1 aromatic rings. The second kappa shape index (κ2) is 4.37. The third-order valence-electron chi connectivity index (χ3n) is 3.18. The van der Waals surface area contributed by atoms with E-state index in [1.54, 1.807) is 25.1 Å². The number of phenols is 1. The van der Waals surface area contributed by atoms with E-state index in [2.05, 4.69) is 5.32 Å². The first-order chi connectivity index (χ1) is 8.02. The van der Waals surface area contributed by atoms with Crippen molar-refractivity contribution in [2.75, 3.05) is 13.2 Å². The van der Waals surface area contributed by atoms with Crippen LogP contribution in [0.1, 0.15) is 29.3 Å². The topological polar surface area (TPSA) is 58.6 Å². The summed E-state index contributed by atoms with van der Waals surface area (Å²) < 4.78 is 5.29. The third kappa shape index (κ3) is 2.42. The molecule has 0 aliphatic carbocycles. The molecule has 1 fully saturated rings. The number of aromatic hydroxyl groups is 1. The minimum atomic E-state index is -0.297. The fourth-order valence-corrected chi connectivity index (χ4v) is 1.98. The van der Waals surface area contributed by atoms with Crippen molar-refractivity contribution in [1.29, 1.82) is 0 Å². The highest BCUT2D eigenvalue weighted by Crippen LogP contribution is 2.22. The lowest BCUT2D eigenvalue weighted by Gasteiger charge is -2.24. The highest BCUT2D eigenvalue weighted by molar-refractivity contribution is 5.96. The average Bonchev–Trinajstić information content (AvgIpc) is 2.68. The summed E-state index contributed by atoms with van der Waals surface area (Å²) in [4.78, 5) is 12.1. The zero-order chi connectivity index (χ0) is 12.5. The van der Waals surface area contributed by atoms with Crippen LogP contribution in [0.4, 0.5) is 0 Å². The second-order valence-corrected chi connectivity index (χ2v) is 4.77. The zero-order valence-corrected chi connectivity index (χ0v) is 10.1. The molecule has 1 aliphatic rings. The quantitative estimate of drug-likeness (QED) is 0.818. The first-order valence-corrected chi connectivity index (χ1v) is 5.71. The van der Waals surface area contributed by atoms with Gasteiger partial charge in [0.25, 0.3) is 5.91 Å². The molecule has 0 radical (unpaired) electrons. The number of rotatable bonds is 2. The molecule has 0 saturated carbocycles. The lowest BCUT2D eigenvalue weighted by Crippen LogP contribution is -2.46. The van der Waals surface area contributed by atoms with Crippen LogP contribution in [0.2, 0.25) is 0 Å². The van der Waals surface area contributed by atoms with E-state index in [4.69, 9.17) is 4.74 Å². The van der Waals surface area contributed by atoms with Crippen LogP contribution in [0.5, 0.6) is 5.75 Å². The van der Waals surface area contributed by atoms with Crippen molar-refractivity contribution >= 4 is 5.91 Å². The van der Waals surface area contributed by atoms with Gasteiger partial charge in [0.2, 0.25) is 0 Å². The van der Waals surface area contributed by atoms with Crippen molar-refractivity contribution in [1.82, 2.24) is 5.32 Å². The number of phenolic OH excluding ortho intramolecular Hbond substituents is 1. The van der Waals surface area contributed by atoms with E-state index in [9.17, 15) is 9.90 Å². The highest BCUT2D eigenvalue weighted by atomic mass is 16.5. The molecule has 1 aliphatic heterocycles. The van der Waals surface area contributed by atoms with E-state index in [1.807, 2.05) is 6.92 Å². The van der Waals surface area contributed by atoms with Crippen LogP contribution in [0.3, 0.4) is 0 Å². The fourth-order valence-electron chi connectivity index (χ4n) is 1.98. The van der Waals surface area contributed by atoms with Crippen molar-refractivity contribution < 1.29 is 14.6 Å². The monoisotopic (exact) mass is 235 g/mol. The van der Waals surface area contributed by atoms with Gasteiger partial charge in [-0.15, -0.1) is 0 Å². The van der Waals surface area contributed by atoms with E-state index in [0.29, 0.717) is 24.3 Å². The minimum Gasteiger partial charge on any atom is -0.508 e. The Labute approximate surface area is 101 Å². The Kier molecular flexibility index (Phi) is 3.07. The summed E-state index contributed by atoms with van der Waals surface area (Å²) in [5.74, 6) is -0.0168. The summed E-state index contributed by atoms with van der Waals surface area (Å²) in [6.07, 6.45) is 0.816. The molecule has 17 heavy (non-hydrogen) atoms. The number of carbonyl (C=O) groups excluding carboxylic acids is 1. The number of ether oxygens (including phenoxy) is 1. The predicted molar refractivity (Wildman–Crippen MR) is 64.2 cm³/mol. The lowest BCUT2D eigenvalue weighted by molar-refractivity contribution is 0.0889. The molecule has 0 aromatic heterocycles. The Morgan fingerprint density at radius 2 is 2.29 bits per heavy atom. The maximum Gasteiger partial charge on any atom is 0.252 e. The number of hydrogen-bond acceptors (Lipinski definition) is 3. The van der Waals surface area contributed by atoms with E-state index in [1.165, 1.54) is 0 Å². The predicted octanol–water partition coefficient (Wildman–Crippen LogP) is 1.61. The van der Waals surface area contributed by atoms with Gasteiger partial charge in [-0.2, -0.15) is 0 Å².